The van der Waals surface area contributed by atoms with Gasteiger partial charge in [-0.2, -0.15) is 0 Å². The van der Waals surface area contributed by atoms with Crippen LogP contribution in [-0.4, -0.2) is 21.5 Å². The topological polar surface area (TPSA) is 69.7 Å². The van der Waals surface area contributed by atoms with Crippen LogP contribution in [0.3, 0.4) is 0 Å². The number of rotatable bonds is 4. The zero-order valence-electron chi connectivity index (χ0n) is 9.38. The van der Waals surface area contributed by atoms with Gasteiger partial charge < -0.3 is 9.47 Å². The van der Waals surface area contributed by atoms with E-state index < -0.39 is 16.7 Å². The fourth-order valence-electron chi connectivity index (χ4n) is 1.10. The van der Waals surface area contributed by atoms with E-state index >= 15 is 0 Å². The van der Waals surface area contributed by atoms with Crippen molar-refractivity contribution in [1.82, 2.24) is 0 Å². The minimum absolute atomic E-state index is 0.0696. The molecule has 0 saturated heterocycles. The Morgan fingerprint density at radius 2 is 2.06 bits per heavy atom. The lowest BCUT2D eigenvalue weighted by atomic mass is 10.2. The quantitative estimate of drug-likeness (QED) is 0.377. The highest BCUT2D eigenvalue weighted by molar-refractivity contribution is 7.72. The van der Waals surface area contributed by atoms with E-state index in [0.29, 0.717) is 0 Å². The molecule has 0 heterocycles. The van der Waals surface area contributed by atoms with Crippen molar-refractivity contribution in [3.8, 4) is 5.75 Å². The zero-order chi connectivity index (χ0) is 12.8. The minimum atomic E-state index is -2.74. The molecule has 0 amide bonds. The van der Waals surface area contributed by atoms with Crippen molar-refractivity contribution in [1.29, 1.82) is 0 Å². The Morgan fingerprint density at radius 3 is 2.65 bits per heavy atom. The van der Waals surface area contributed by atoms with Crippen LogP contribution in [0.15, 0.2) is 35.4 Å². The lowest BCUT2D eigenvalue weighted by Crippen LogP contribution is -1.96. The van der Waals surface area contributed by atoms with Gasteiger partial charge in [0.05, 0.1) is 19.4 Å². The van der Waals surface area contributed by atoms with Gasteiger partial charge >= 0.3 is 5.97 Å². The molecule has 0 radical (unpaired) electrons. The van der Waals surface area contributed by atoms with Gasteiger partial charge in [-0.15, -0.1) is 0 Å². The molecule has 1 aromatic rings. The molecule has 0 aliphatic heterocycles. The lowest BCUT2D eigenvalue weighted by molar-refractivity contribution is -0.134. The molecule has 5 nitrogen and oxygen atoms in total. The highest BCUT2D eigenvalue weighted by Crippen LogP contribution is 2.21. The Balaban J connectivity index is 2.93. The van der Waals surface area contributed by atoms with Gasteiger partial charge in [0.2, 0.25) is 0 Å². The minimum Gasteiger partial charge on any atom is -0.466 e. The van der Waals surface area contributed by atoms with E-state index in [-0.39, 0.29) is 10.6 Å². The third-order valence-electron chi connectivity index (χ3n) is 1.91. The van der Waals surface area contributed by atoms with Gasteiger partial charge in [0, 0.05) is 0 Å². The summed E-state index contributed by atoms with van der Waals surface area (Å²) in [4.78, 5) is 10.8. The second-order valence-corrected chi connectivity index (χ2v) is 4.17. The SMILES string of the molecule is COC(=O)C=COc1cc(C)ccc1[SH](=O)=O. The fourth-order valence-corrected chi connectivity index (χ4v) is 1.59. The highest BCUT2D eigenvalue weighted by Gasteiger charge is 2.05. The third kappa shape index (κ3) is 3.92. The normalized spacial score (nSPS) is 10.8. The summed E-state index contributed by atoms with van der Waals surface area (Å²) in [6.45, 7) is 1.80. The third-order valence-corrected chi connectivity index (χ3v) is 2.68. The number of methoxy groups -OCH3 is 1. The van der Waals surface area contributed by atoms with Gasteiger partial charge in [-0.1, -0.05) is 6.07 Å². The van der Waals surface area contributed by atoms with Crippen LogP contribution in [0.2, 0.25) is 0 Å². The zero-order valence-corrected chi connectivity index (χ0v) is 10.3. The van der Waals surface area contributed by atoms with E-state index in [1.54, 1.807) is 19.1 Å². The van der Waals surface area contributed by atoms with Crippen LogP contribution in [0, 0.1) is 6.92 Å². The van der Waals surface area contributed by atoms with E-state index in [4.69, 9.17) is 4.74 Å². The molecular weight excluding hydrogens is 244 g/mol. The maximum atomic E-state index is 10.9. The summed E-state index contributed by atoms with van der Waals surface area (Å²) in [5.41, 5.74) is 0.854. The predicted molar refractivity (Wildman–Crippen MR) is 61.5 cm³/mol. The second kappa shape index (κ2) is 6.05. The van der Waals surface area contributed by atoms with Crippen molar-refractivity contribution in [2.24, 2.45) is 0 Å². The average molecular weight is 256 g/mol. The van der Waals surface area contributed by atoms with Crippen LogP contribution in [0.5, 0.6) is 5.75 Å². The molecular formula is C11H12O5S. The molecule has 0 atom stereocenters. The van der Waals surface area contributed by atoms with Crippen LogP contribution < -0.4 is 4.74 Å². The monoisotopic (exact) mass is 256 g/mol. The van der Waals surface area contributed by atoms with Crippen molar-refractivity contribution >= 4 is 16.7 Å². The summed E-state index contributed by atoms with van der Waals surface area (Å²) in [5, 5.41) is 0. The maximum absolute atomic E-state index is 10.9. The number of aryl methyl sites for hydroxylation is 1. The van der Waals surface area contributed by atoms with Crippen LogP contribution in [0.4, 0.5) is 0 Å². The van der Waals surface area contributed by atoms with E-state index in [1.165, 1.54) is 13.2 Å². The van der Waals surface area contributed by atoms with Crippen LogP contribution in [0.1, 0.15) is 5.56 Å². The van der Waals surface area contributed by atoms with Gasteiger partial charge in [0.25, 0.3) is 0 Å². The average Bonchev–Trinajstić information content (AvgIpc) is 2.28. The summed E-state index contributed by atoms with van der Waals surface area (Å²) in [6.07, 6.45) is 2.15. The first-order valence-electron chi connectivity index (χ1n) is 4.71. The molecule has 1 rings (SSSR count). The highest BCUT2D eigenvalue weighted by atomic mass is 32.2. The number of hydrogen-bond acceptors (Lipinski definition) is 5. The van der Waals surface area contributed by atoms with E-state index in [2.05, 4.69) is 4.74 Å². The molecule has 0 aliphatic rings. The number of esters is 1. The van der Waals surface area contributed by atoms with Crippen LogP contribution in [-0.2, 0) is 20.2 Å². The van der Waals surface area contributed by atoms with Crippen LogP contribution >= 0.6 is 0 Å². The molecule has 6 heteroatoms. The number of hydrogen-bond donors (Lipinski definition) is 1. The van der Waals surface area contributed by atoms with Gasteiger partial charge in [-0.05, 0) is 24.6 Å². The first-order chi connectivity index (χ1) is 8.04. The maximum Gasteiger partial charge on any atom is 0.333 e. The first kappa shape index (κ1) is 13.2. The molecule has 1 aromatic carbocycles. The molecule has 92 valence electrons. The van der Waals surface area contributed by atoms with Crippen LogP contribution in [0.25, 0.3) is 0 Å². The number of benzene rings is 1. The second-order valence-electron chi connectivity index (χ2n) is 3.17. The molecule has 0 bridgehead atoms. The van der Waals surface area contributed by atoms with Crippen molar-refractivity contribution in [2.75, 3.05) is 7.11 Å². The van der Waals surface area contributed by atoms with E-state index in [1.807, 2.05) is 0 Å². The number of carbonyl (C=O) groups excluding carboxylic acids is 1. The summed E-state index contributed by atoms with van der Waals surface area (Å²) in [6, 6.07) is 4.68. The van der Waals surface area contributed by atoms with Gasteiger partial charge in [0.1, 0.15) is 10.6 Å². The smallest absolute Gasteiger partial charge is 0.333 e. The van der Waals surface area contributed by atoms with E-state index in [0.717, 1.165) is 17.9 Å². The summed E-state index contributed by atoms with van der Waals surface area (Å²) in [5.74, 6) is -0.396. The Bertz CT molecular complexity index is 509. The Hall–Kier alpha value is -1.82. The molecule has 17 heavy (non-hydrogen) atoms. The number of thiol groups is 1. The standard InChI is InChI=1S/C11H12O5S/c1-8-3-4-10(17(13)14)9(7-8)16-6-5-11(12)15-2/h3-7,17H,1-2H3. The molecule has 0 spiro atoms. The predicted octanol–water partition coefficient (Wildman–Crippen LogP) is 1.03. The fraction of sp³-hybridized carbons (Fsp3) is 0.182. The van der Waals surface area contributed by atoms with Gasteiger partial charge in [-0.25, -0.2) is 13.2 Å². The number of ether oxygens (including phenoxy) is 2. The van der Waals surface area contributed by atoms with Crippen molar-refractivity contribution < 1.29 is 22.7 Å². The van der Waals surface area contributed by atoms with Crippen molar-refractivity contribution in [2.45, 2.75) is 11.8 Å². The summed E-state index contributed by atoms with van der Waals surface area (Å²) < 4.78 is 31.3. The largest absolute Gasteiger partial charge is 0.466 e. The van der Waals surface area contributed by atoms with Gasteiger partial charge in [-0.3, -0.25) is 0 Å². The summed E-state index contributed by atoms with van der Waals surface area (Å²) >= 11 is 0. The molecule has 0 fully saturated rings. The summed E-state index contributed by atoms with van der Waals surface area (Å²) in [7, 11) is -1.50. The number of carbonyl (C=O) groups is 1. The Labute approximate surface area is 101 Å². The molecule has 0 N–H and O–H groups in total. The molecule has 0 unspecified atom stereocenters. The Kier molecular flexibility index (Phi) is 4.71. The van der Waals surface area contributed by atoms with Crippen molar-refractivity contribution in [3.63, 3.8) is 0 Å². The molecule has 0 aliphatic carbocycles. The van der Waals surface area contributed by atoms with Crippen molar-refractivity contribution in [3.05, 3.63) is 36.1 Å². The lowest BCUT2D eigenvalue weighted by Gasteiger charge is -2.04. The molecule has 0 aromatic heterocycles. The first-order valence-corrected chi connectivity index (χ1v) is 5.88. The van der Waals surface area contributed by atoms with Gasteiger partial charge in [0.15, 0.2) is 10.7 Å². The molecule has 0 saturated carbocycles. The van der Waals surface area contributed by atoms with E-state index in [9.17, 15) is 13.2 Å². The Morgan fingerprint density at radius 1 is 1.35 bits per heavy atom.